The lowest BCUT2D eigenvalue weighted by Crippen LogP contribution is -2.34. The molecule has 1 aliphatic carbocycles. The first-order chi connectivity index (χ1) is 36.4. The quantitative estimate of drug-likeness (QED) is 0.0675. The highest BCUT2D eigenvalue weighted by Crippen LogP contribution is 2.28. The fourth-order valence-corrected chi connectivity index (χ4v) is 10.5. The minimum Gasteiger partial charge on any atom is -0.466 e. The van der Waals surface area contributed by atoms with Gasteiger partial charge in [-0.25, -0.2) is 4.79 Å². The number of fused-ring (bicyclic) bond motifs is 1. The Balaban J connectivity index is 1.77. The van der Waals surface area contributed by atoms with E-state index in [0.717, 1.165) is 154 Å². The van der Waals surface area contributed by atoms with E-state index in [1.54, 1.807) is 0 Å². The fraction of sp³-hybridized carbons (Fsp3) is 0.883. The third kappa shape index (κ3) is 33.1. The lowest BCUT2D eigenvalue weighted by atomic mass is 9.91. The zero-order valence-electron chi connectivity index (χ0n) is 47.2. The molecule has 2 saturated heterocycles. The van der Waals surface area contributed by atoms with Gasteiger partial charge in [0, 0.05) is 51.0 Å². The van der Waals surface area contributed by atoms with E-state index < -0.39 is 65.8 Å². The molecule has 0 spiro atoms. The van der Waals surface area contributed by atoms with E-state index in [0.29, 0.717) is 5.92 Å². The van der Waals surface area contributed by atoms with E-state index in [-0.39, 0.29) is 90.8 Å². The summed E-state index contributed by atoms with van der Waals surface area (Å²) in [7, 11) is 0. The predicted molar refractivity (Wildman–Crippen MR) is 288 cm³/mol. The Morgan fingerprint density at radius 2 is 0.907 bits per heavy atom. The van der Waals surface area contributed by atoms with Crippen LogP contribution in [0.5, 0.6) is 0 Å². The highest BCUT2D eigenvalue weighted by molar-refractivity contribution is 5.78. The first-order valence-electron chi connectivity index (χ1n) is 30.4. The molecule has 0 bridgehead atoms. The van der Waals surface area contributed by atoms with E-state index in [9.17, 15) is 33.6 Å². The van der Waals surface area contributed by atoms with Gasteiger partial charge in [0.15, 0.2) is 0 Å². The second-order valence-electron chi connectivity index (χ2n) is 22.3. The van der Waals surface area contributed by atoms with Crippen LogP contribution >= 0.6 is 0 Å². The van der Waals surface area contributed by atoms with Crippen LogP contribution in [0.15, 0.2) is 0 Å². The summed E-state index contributed by atoms with van der Waals surface area (Å²) >= 11 is 0. The molecule has 432 valence electrons. The molecule has 2 aliphatic heterocycles. The number of carbonyl (C=O) groups is 7. The molecule has 1 saturated carbocycles. The first-order valence-corrected chi connectivity index (χ1v) is 30.4. The maximum absolute atomic E-state index is 13.9. The van der Waals surface area contributed by atoms with Gasteiger partial charge in [0.05, 0.1) is 39.6 Å². The molecule has 0 aromatic carbocycles. The molecule has 4 atom stereocenters. The zero-order valence-corrected chi connectivity index (χ0v) is 47.2. The number of cyclic esters (lactones) is 3. The molecule has 15 heteroatoms. The van der Waals surface area contributed by atoms with Gasteiger partial charge in [-0.15, -0.1) is 0 Å². The Morgan fingerprint density at radius 1 is 0.493 bits per heavy atom. The highest BCUT2D eigenvalue weighted by atomic mass is 16.6. The Bertz CT molecular complexity index is 1580. The van der Waals surface area contributed by atoms with Gasteiger partial charge in [0.2, 0.25) is 0 Å². The summed E-state index contributed by atoms with van der Waals surface area (Å²) in [5.74, 6) is -4.81. The Morgan fingerprint density at radius 3 is 1.37 bits per heavy atom. The van der Waals surface area contributed by atoms with Crippen LogP contribution in [0.1, 0.15) is 258 Å². The summed E-state index contributed by atoms with van der Waals surface area (Å²) in [6.07, 6.45) is 28.8. The van der Waals surface area contributed by atoms with Crippen molar-refractivity contribution in [3.63, 3.8) is 0 Å². The van der Waals surface area contributed by atoms with Gasteiger partial charge in [-0.3, -0.25) is 28.8 Å². The molecular weight excluding hydrogens is 959 g/mol. The molecule has 3 rings (SSSR count). The van der Waals surface area contributed by atoms with E-state index >= 15 is 0 Å². The maximum atomic E-state index is 13.9. The van der Waals surface area contributed by atoms with Crippen LogP contribution in [-0.4, -0.2) is 105 Å². The molecule has 3 aliphatic rings. The number of unbranched alkanes of at least 4 members (excludes halogenated alkanes) is 10. The molecule has 3 fully saturated rings. The van der Waals surface area contributed by atoms with Crippen molar-refractivity contribution < 1.29 is 66.7 Å². The Labute approximate surface area is 452 Å². The number of esters is 6. The normalized spacial score (nSPS) is 24.8. The van der Waals surface area contributed by atoms with Crippen LogP contribution in [0, 0.1) is 23.7 Å². The topological polar surface area (TPSA) is 187 Å². The first kappa shape index (κ1) is 65.4. The van der Waals surface area contributed by atoms with Crippen molar-refractivity contribution in [2.45, 2.75) is 271 Å². The third-order valence-electron chi connectivity index (χ3n) is 15.2. The van der Waals surface area contributed by atoms with Gasteiger partial charge in [0.1, 0.15) is 12.2 Å². The zero-order chi connectivity index (χ0) is 54.1. The standard InChI is InChI=1S/C60H103NO14/c1-4-6-8-10-21-25-35-69-54(62)39-49-40-55(63)70-37-27-23-19-17-15-13-12-14-16-18-20-24-28-38-72-57(65)42-50(41-56(64)71-36-26-22-11-9-7-5-2)44-59(67)75-53-46-61(45-51(53)47-73-58(66)43-49)60(68)74-52-33-29-31-48(3)32-30-34-52/h48-53H,4-47H2,1-3H3/t48?,49?,50?,51-,52?,53+/m1/s1. The van der Waals surface area contributed by atoms with Crippen LogP contribution in [0.25, 0.3) is 0 Å². The molecule has 0 radical (unpaired) electrons. The minimum absolute atomic E-state index is 0.0114. The molecule has 1 amide bonds. The van der Waals surface area contributed by atoms with Gasteiger partial charge in [-0.2, -0.15) is 0 Å². The average molecular weight is 1060 g/mol. The van der Waals surface area contributed by atoms with Gasteiger partial charge in [0.25, 0.3) is 0 Å². The van der Waals surface area contributed by atoms with Crippen molar-refractivity contribution in [1.82, 2.24) is 4.90 Å². The monoisotopic (exact) mass is 1060 g/mol. The van der Waals surface area contributed by atoms with Crippen LogP contribution in [0.3, 0.4) is 0 Å². The van der Waals surface area contributed by atoms with E-state index in [1.165, 1.54) is 49.8 Å². The molecule has 2 heterocycles. The Hall–Kier alpha value is -3.91. The molecule has 0 aromatic heterocycles. The van der Waals surface area contributed by atoms with Gasteiger partial charge < -0.3 is 38.1 Å². The van der Waals surface area contributed by atoms with E-state index in [1.807, 2.05) is 0 Å². The lowest BCUT2D eigenvalue weighted by molar-refractivity contribution is -0.155. The molecule has 2 unspecified atom stereocenters. The van der Waals surface area contributed by atoms with Crippen LogP contribution in [0.2, 0.25) is 0 Å². The number of likely N-dealkylation sites (tertiary alicyclic amines) is 1. The molecule has 0 N–H and O–H groups in total. The molecular formula is C60H103NO14. The number of carbonyl (C=O) groups excluding carboxylic acids is 7. The van der Waals surface area contributed by atoms with E-state index in [4.69, 9.17) is 33.2 Å². The van der Waals surface area contributed by atoms with Crippen molar-refractivity contribution in [2.24, 2.45) is 23.7 Å². The summed E-state index contributed by atoms with van der Waals surface area (Å²) in [6, 6.07) is 0. The second-order valence-corrected chi connectivity index (χ2v) is 22.3. The van der Waals surface area contributed by atoms with Crippen LogP contribution in [-0.2, 0) is 61.9 Å². The van der Waals surface area contributed by atoms with Gasteiger partial charge in [-0.1, -0.05) is 168 Å². The summed E-state index contributed by atoms with van der Waals surface area (Å²) in [4.78, 5) is 95.4. The third-order valence-corrected chi connectivity index (χ3v) is 15.2. The average Bonchev–Trinajstić information content (AvgIpc) is 3.77. The summed E-state index contributed by atoms with van der Waals surface area (Å²) in [6.45, 7) is 7.47. The van der Waals surface area contributed by atoms with Crippen LogP contribution < -0.4 is 0 Å². The number of amides is 1. The maximum Gasteiger partial charge on any atom is 0.410 e. The summed E-state index contributed by atoms with van der Waals surface area (Å²) < 4.78 is 40.3. The number of hydrogen-bond acceptors (Lipinski definition) is 14. The predicted octanol–water partition coefficient (Wildman–Crippen LogP) is 13.4. The van der Waals surface area contributed by atoms with Gasteiger partial charge in [-0.05, 0) is 69.1 Å². The second kappa shape index (κ2) is 42.2. The van der Waals surface area contributed by atoms with E-state index in [2.05, 4.69) is 20.8 Å². The number of nitrogens with zero attached hydrogens (tertiary/aromatic N) is 1. The molecule has 0 aromatic rings. The molecule has 75 heavy (non-hydrogen) atoms. The smallest absolute Gasteiger partial charge is 0.410 e. The largest absolute Gasteiger partial charge is 0.466 e. The fourth-order valence-electron chi connectivity index (χ4n) is 10.5. The minimum atomic E-state index is -0.903. The lowest BCUT2D eigenvalue weighted by Gasteiger charge is -2.25. The number of ether oxygens (including phenoxy) is 7. The van der Waals surface area contributed by atoms with Crippen molar-refractivity contribution in [3.8, 4) is 0 Å². The molecule has 15 nitrogen and oxygen atoms in total. The number of hydrogen-bond donors (Lipinski definition) is 0. The van der Waals surface area contributed by atoms with Crippen molar-refractivity contribution in [2.75, 3.05) is 46.1 Å². The summed E-state index contributed by atoms with van der Waals surface area (Å²) in [5.41, 5.74) is 0. The number of rotatable bonds is 19. The SMILES string of the molecule is CCCCCCCCOC(=O)CC1CC(=O)OCCCCCCCCCCCCCCCOC(=O)CC(CC(=O)OCCCCCCCC)CC(=O)O[C@H]2CN(C(=O)OC3CCCC(C)CCC3)C[C@@H]2COC(=O)C1. The van der Waals surface area contributed by atoms with Crippen molar-refractivity contribution in [3.05, 3.63) is 0 Å². The Kier molecular flexibility index (Phi) is 36.7. The van der Waals surface area contributed by atoms with Crippen LogP contribution in [0.4, 0.5) is 4.79 Å². The summed E-state index contributed by atoms with van der Waals surface area (Å²) in [5, 5.41) is 0. The van der Waals surface area contributed by atoms with Crippen molar-refractivity contribution in [1.29, 1.82) is 0 Å². The highest BCUT2D eigenvalue weighted by Gasteiger charge is 2.41. The van der Waals surface area contributed by atoms with Gasteiger partial charge >= 0.3 is 41.9 Å². The van der Waals surface area contributed by atoms with Crippen molar-refractivity contribution >= 4 is 41.9 Å².